The quantitative estimate of drug-likeness (QED) is 0.277. The summed E-state index contributed by atoms with van der Waals surface area (Å²) < 4.78 is 4.97. The second-order valence-corrected chi connectivity index (χ2v) is 2.53. The van der Waals surface area contributed by atoms with Crippen LogP contribution in [0.2, 0.25) is 0 Å². The van der Waals surface area contributed by atoms with Crippen LogP contribution in [0.3, 0.4) is 0 Å². The molecule has 0 bridgehead atoms. The molecule has 0 heterocycles. The summed E-state index contributed by atoms with van der Waals surface area (Å²) in [5, 5.41) is 0. The zero-order chi connectivity index (χ0) is 9.56. The number of ether oxygens (including phenoxy) is 1. The van der Waals surface area contributed by atoms with Gasteiger partial charge in [-0.25, -0.2) is 4.79 Å². The first-order valence-corrected chi connectivity index (χ1v) is 4.05. The SMILES string of the molecule is CCC(CC)OC(=O)C(C)=[N+]=[N-]. The Morgan fingerprint density at radius 3 is 2.33 bits per heavy atom. The maximum atomic E-state index is 11.0. The van der Waals surface area contributed by atoms with Crippen LogP contribution >= 0.6 is 0 Å². The molecular weight excluding hydrogens is 156 g/mol. The minimum absolute atomic E-state index is 0.0121. The molecule has 0 N–H and O–H groups in total. The largest absolute Gasteiger partial charge is 0.454 e. The third kappa shape index (κ3) is 3.30. The van der Waals surface area contributed by atoms with Crippen LogP contribution < -0.4 is 0 Å². The molecule has 0 fully saturated rings. The number of hydrogen-bond donors (Lipinski definition) is 0. The van der Waals surface area contributed by atoms with Crippen molar-refractivity contribution in [3.05, 3.63) is 5.53 Å². The van der Waals surface area contributed by atoms with Crippen LogP contribution in [0.5, 0.6) is 0 Å². The first kappa shape index (κ1) is 10.8. The average Bonchev–Trinajstić information content (AvgIpc) is 2.12. The van der Waals surface area contributed by atoms with Gasteiger partial charge in [-0.1, -0.05) is 13.8 Å². The molecule has 0 aliphatic carbocycles. The van der Waals surface area contributed by atoms with Crippen molar-refractivity contribution >= 4 is 11.7 Å². The Bertz CT molecular complexity index is 203. The zero-order valence-corrected chi connectivity index (χ0v) is 7.70. The number of carbonyl (C=O) groups excluding carboxylic acids is 1. The van der Waals surface area contributed by atoms with Gasteiger partial charge in [0.15, 0.2) is 0 Å². The van der Waals surface area contributed by atoms with E-state index in [4.69, 9.17) is 10.3 Å². The Kier molecular flexibility index (Phi) is 4.97. The number of esters is 1. The predicted molar refractivity (Wildman–Crippen MR) is 44.8 cm³/mol. The number of nitrogens with zero attached hydrogens (tertiary/aromatic N) is 2. The molecule has 68 valence electrons. The molecule has 0 aliphatic rings. The highest BCUT2D eigenvalue weighted by molar-refractivity contribution is 6.32. The van der Waals surface area contributed by atoms with Crippen molar-refractivity contribution in [1.29, 1.82) is 0 Å². The molecule has 0 rings (SSSR count). The van der Waals surface area contributed by atoms with Gasteiger partial charge in [0.1, 0.15) is 6.10 Å². The smallest absolute Gasteiger partial charge is 0.416 e. The van der Waals surface area contributed by atoms with E-state index < -0.39 is 5.97 Å². The first-order valence-electron chi connectivity index (χ1n) is 4.05. The van der Waals surface area contributed by atoms with E-state index in [0.29, 0.717) is 0 Å². The second-order valence-electron chi connectivity index (χ2n) is 2.53. The second kappa shape index (κ2) is 5.49. The van der Waals surface area contributed by atoms with E-state index >= 15 is 0 Å². The van der Waals surface area contributed by atoms with Crippen molar-refractivity contribution in [1.82, 2.24) is 0 Å². The molecule has 12 heavy (non-hydrogen) atoms. The first-order chi connectivity index (χ1) is 5.65. The van der Waals surface area contributed by atoms with Gasteiger partial charge in [-0.3, -0.25) is 0 Å². The van der Waals surface area contributed by atoms with Crippen molar-refractivity contribution < 1.29 is 14.3 Å². The number of hydrogen-bond acceptors (Lipinski definition) is 2. The van der Waals surface area contributed by atoms with Gasteiger partial charge in [0.2, 0.25) is 0 Å². The lowest BCUT2D eigenvalue weighted by Gasteiger charge is -2.10. The molecule has 0 amide bonds. The van der Waals surface area contributed by atoms with Crippen LogP contribution in [-0.2, 0) is 9.53 Å². The summed E-state index contributed by atoms with van der Waals surface area (Å²) in [6, 6.07) is 0. The van der Waals surface area contributed by atoms with E-state index in [1.165, 1.54) is 6.92 Å². The average molecular weight is 170 g/mol. The van der Waals surface area contributed by atoms with Crippen LogP contribution in [0, 0.1) is 0 Å². The normalized spacial score (nSPS) is 9.33. The van der Waals surface area contributed by atoms with Crippen molar-refractivity contribution in [2.75, 3.05) is 0 Å². The third-order valence-electron chi connectivity index (χ3n) is 1.63. The summed E-state index contributed by atoms with van der Waals surface area (Å²) in [4.78, 5) is 13.7. The Morgan fingerprint density at radius 1 is 1.50 bits per heavy atom. The van der Waals surface area contributed by atoms with Crippen LogP contribution in [0.4, 0.5) is 0 Å². The van der Waals surface area contributed by atoms with E-state index in [0.717, 1.165) is 12.8 Å². The van der Waals surface area contributed by atoms with Gasteiger partial charge in [-0.05, 0) is 12.8 Å². The Hall–Kier alpha value is -1.15. The maximum absolute atomic E-state index is 11.0. The van der Waals surface area contributed by atoms with Crippen LogP contribution in [0.15, 0.2) is 0 Å². The Morgan fingerprint density at radius 2 is 2.00 bits per heavy atom. The predicted octanol–water partition coefficient (Wildman–Crippen LogP) is 1.41. The molecule has 0 aromatic carbocycles. The Labute approximate surface area is 72.2 Å². The lowest BCUT2D eigenvalue weighted by Crippen LogP contribution is -2.22. The minimum Gasteiger partial charge on any atom is -0.454 e. The highest BCUT2D eigenvalue weighted by atomic mass is 16.5. The monoisotopic (exact) mass is 170 g/mol. The van der Waals surface area contributed by atoms with Gasteiger partial charge >= 0.3 is 11.7 Å². The molecule has 4 nitrogen and oxygen atoms in total. The van der Waals surface area contributed by atoms with Gasteiger partial charge in [0.05, 0.1) is 0 Å². The van der Waals surface area contributed by atoms with Crippen molar-refractivity contribution in [2.24, 2.45) is 0 Å². The van der Waals surface area contributed by atoms with E-state index in [2.05, 4.69) is 4.79 Å². The van der Waals surface area contributed by atoms with Crippen LogP contribution in [0.1, 0.15) is 33.6 Å². The summed E-state index contributed by atoms with van der Waals surface area (Å²) in [7, 11) is 0. The summed E-state index contributed by atoms with van der Waals surface area (Å²) in [5.41, 5.74) is 8.24. The molecule has 0 aliphatic heterocycles. The van der Waals surface area contributed by atoms with Gasteiger partial charge in [0, 0.05) is 6.92 Å². The Balaban J connectivity index is 4.07. The molecule has 0 saturated carbocycles. The molecule has 0 spiro atoms. The zero-order valence-electron chi connectivity index (χ0n) is 7.70. The van der Waals surface area contributed by atoms with Crippen molar-refractivity contribution in [2.45, 2.75) is 39.7 Å². The lowest BCUT2D eigenvalue weighted by atomic mass is 10.2. The molecule has 0 radical (unpaired) electrons. The maximum Gasteiger partial charge on any atom is 0.416 e. The van der Waals surface area contributed by atoms with E-state index in [1.807, 2.05) is 13.8 Å². The molecule has 0 saturated heterocycles. The summed E-state index contributed by atoms with van der Waals surface area (Å²) in [5.74, 6) is -0.550. The van der Waals surface area contributed by atoms with E-state index in [1.54, 1.807) is 0 Å². The molecule has 0 aromatic rings. The highest BCUT2D eigenvalue weighted by Crippen LogP contribution is 2.02. The topological polar surface area (TPSA) is 62.7 Å². The molecule has 0 aromatic heterocycles. The van der Waals surface area contributed by atoms with Gasteiger partial charge in [-0.15, -0.1) is 0 Å². The fraction of sp³-hybridized carbons (Fsp3) is 0.750. The number of carbonyl (C=O) groups is 1. The fourth-order valence-electron chi connectivity index (χ4n) is 0.733. The lowest BCUT2D eigenvalue weighted by molar-refractivity contribution is -0.145. The standard InChI is InChI=1S/C8H14N2O2/c1-4-7(5-2)12-8(11)6(3)10-9/h7H,4-5H2,1-3H3. The van der Waals surface area contributed by atoms with Gasteiger partial charge in [-0.2, -0.15) is 4.79 Å². The van der Waals surface area contributed by atoms with Crippen LogP contribution in [0.25, 0.3) is 5.53 Å². The van der Waals surface area contributed by atoms with Gasteiger partial charge < -0.3 is 10.3 Å². The molecular formula is C8H14N2O2. The van der Waals surface area contributed by atoms with Gasteiger partial charge in [0.25, 0.3) is 0 Å². The number of rotatable bonds is 4. The highest BCUT2D eigenvalue weighted by Gasteiger charge is 2.18. The summed E-state index contributed by atoms with van der Waals surface area (Å²) in [6.45, 7) is 5.28. The minimum atomic E-state index is -0.550. The molecule has 0 atom stereocenters. The third-order valence-corrected chi connectivity index (χ3v) is 1.63. The van der Waals surface area contributed by atoms with Crippen LogP contribution in [-0.4, -0.2) is 22.6 Å². The summed E-state index contributed by atoms with van der Waals surface area (Å²) >= 11 is 0. The summed E-state index contributed by atoms with van der Waals surface area (Å²) in [6.07, 6.45) is 1.48. The fourth-order valence-corrected chi connectivity index (χ4v) is 0.733. The van der Waals surface area contributed by atoms with Crippen molar-refractivity contribution in [3.63, 3.8) is 0 Å². The van der Waals surface area contributed by atoms with E-state index in [-0.39, 0.29) is 11.8 Å². The molecule has 4 heteroatoms. The molecule has 0 unspecified atom stereocenters. The van der Waals surface area contributed by atoms with Crippen molar-refractivity contribution in [3.8, 4) is 0 Å². The van der Waals surface area contributed by atoms with E-state index in [9.17, 15) is 4.79 Å².